The lowest BCUT2D eigenvalue weighted by molar-refractivity contribution is -0.122. The van der Waals surface area contributed by atoms with Crippen LogP contribution in [0.25, 0.3) is 0 Å². The van der Waals surface area contributed by atoms with E-state index in [2.05, 4.69) is 0 Å². The largest absolute Gasteiger partial charge is 0.381 e. The lowest BCUT2D eigenvalue weighted by Crippen LogP contribution is -2.38. The van der Waals surface area contributed by atoms with E-state index in [9.17, 15) is 4.79 Å². The first-order chi connectivity index (χ1) is 9.22. The summed E-state index contributed by atoms with van der Waals surface area (Å²) >= 11 is 0. The van der Waals surface area contributed by atoms with E-state index in [1.165, 1.54) is 0 Å². The van der Waals surface area contributed by atoms with Gasteiger partial charge in [-0.1, -0.05) is 12.1 Å². The SMILES string of the molecule is Cc1cccc(N(CCCN)C(=O)C2CCOC2)c1. The van der Waals surface area contributed by atoms with Gasteiger partial charge in [0, 0.05) is 18.8 Å². The first-order valence-electron chi connectivity index (χ1n) is 6.88. The summed E-state index contributed by atoms with van der Waals surface area (Å²) in [5.41, 5.74) is 7.70. The molecule has 1 fully saturated rings. The normalized spacial score (nSPS) is 18.5. The van der Waals surface area contributed by atoms with Crippen molar-refractivity contribution in [2.45, 2.75) is 19.8 Å². The van der Waals surface area contributed by atoms with Crippen LogP contribution in [-0.4, -0.2) is 32.2 Å². The average Bonchev–Trinajstić information content (AvgIpc) is 2.93. The van der Waals surface area contributed by atoms with Crippen LogP contribution in [0.3, 0.4) is 0 Å². The number of nitrogens with two attached hydrogens (primary N) is 1. The van der Waals surface area contributed by atoms with Gasteiger partial charge in [0.1, 0.15) is 0 Å². The Balaban J connectivity index is 2.16. The van der Waals surface area contributed by atoms with Crippen LogP contribution in [-0.2, 0) is 9.53 Å². The third kappa shape index (κ3) is 3.55. The first-order valence-corrected chi connectivity index (χ1v) is 6.88. The second-order valence-corrected chi connectivity index (χ2v) is 5.03. The number of hydrogen-bond donors (Lipinski definition) is 1. The van der Waals surface area contributed by atoms with E-state index < -0.39 is 0 Å². The van der Waals surface area contributed by atoms with Crippen molar-refractivity contribution in [3.8, 4) is 0 Å². The Hall–Kier alpha value is -1.39. The molecule has 1 aliphatic rings. The lowest BCUT2D eigenvalue weighted by atomic mass is 10.1. The smallest absolute Gasteiger partial charge is 0.232 e. The molecule has 0 radical (unpaired) electrons. The maximum absolute atomic E-state index is 12.6. The number of benzene rings is 1. The molecule has 1 aromatic carbocycles. The number of amides is 1. The predicted molar refractivity (Wildman–Crippen MR) is 76.1 cm³/mol. The molecular weight excluding hydrogens is 240 g/mol. The van der Waals surface area contributed by atoms with E-state index in [-0.39, 0.29) is 11.8 Å². The number of aryl methyl sites for hydroxylation is 1. The highest BCUT2D eigenvalue weighted by molar-refractivity contribution is 5.95. The van der Waals surface area contributed by atoms with Crippen LogP contribution in [0.4, 0.5) is 5.69 Å². The molecule has 1 amide bonds. The molecule has 4 nitrogen and oxygen atoms in total. The van der Waals surface area contributed by atoms with Gasteiger partial charge in [0.2, 0.25) is 5.91 Å². The molecule has 0 bridgehead atoms. The van der Waals surface area contributed by atoms with E-state index >= 15 is 0 Å². The van der Waals surface area contributed by atoms with E-state index in [4.69, 9.17) is 10.5 Å². The summed E-state index contributed by atoms with van der Waals surface area (Å²) in [5.74, 6) is 0.162. The van der Waals surface area contributed by atoms with Crippen LogP contribution in [0.5, 0.6) is 0 Å². The van der Waals surface area contributed by atoms with Gasteiger partial charge in [-0.15, -0.1) is 0 Å². The molecule has 2 N–H and O–H groups in total. The van der Waals surface area contributed by atoms with Gasteiger partial charge in [-0.25, -0.2) is 0 Å². The third-order valence-electron chi connectivity index (χ3n) is 3.44. The molecule has 1 heterocycles. The maximum atomic E-state index is 12.6. The van der Waals surface area contributed by atoms with E-state index in [1.807, 2.05) is 36.1 Å². The van der Waals surface area contributed by atoms with Crippen molar-refractivity contribution in [3.63, 3.8) is 0 Å². The van der Waals surface area contributed by atoms with Gasteiger partial charge < -0.3 is 15.4 Å². The Morgan fingerprint density at radius 2 is 2.37 bits per heavy atom. The fourth-order valence-corrected chi connectivity index (χ4v) is 2.36. The first kappa shape index (κ1) is 14.0. The Bertz CT molecular complexity index is 428. The zero-order chi connectivity index (χ0) is 13.7. The predicted octanol–water partition coefficient (Wildman–Crippen LogP) is 1.71. The van der Waals surface area contributed by atoms with E-state index in [0.29, 0.717) is 26.3 Å². The summed E-state index contributed by atoms with van der Waals surface area (Å²) < 4.78 is 5.32. The molecule has 104 valence electrons. The van der Waals surface area contributed by atoms with Crippen molar-refractivity contribution in [1.82, 2.24) is 0 Å². The average molecular weight is 262 g/mol. The zero-order valence-corrected chi connectivity index (χ0v) is 11.5. The topological polar surface area (TPSA) is 55.6 Å². The fourth-order valence-electron chi connectivity index (χ4n) is 2.36. The monoisotopic (exact) mass is 262 g/mol. The standard InChI is InChI=1S/C15H22N2O2/c1-12-4-2-5-14(10-12)17(8-3-7-16)15(18)13-6-9-19-11-13/h2,4-5,10,13H,3,6-9,11,16H2,1H3. The van der Waals surface area contributed by atoms with Crippen LogP contribution in [0.1, 0.15) is 18.4 Å². The molecule has 1 atom stereocenters. The van der Waals surface area contributed by atoms with E-state index in [1.54, 1.807) is 0 Å². The molecular formula is C15H22N2O2. The number of nitrogens with zero attached hydrogens (tertiary/aromatic N) is 1. The molecule has 0 aliphatic carbocycles. The molecule has 0 saturated carbocycles. The van der Waals surface area contributed by atoms with Crippen molar-refractivity contribution in [2.75, 3.05) is 31.2 Å². The van der Waals surface area contributed by atoms with Gasteiger partial charge in [-0.3, -0.25) is 4.79 Å². The third-order valence-corrected chi connectivity index (χ3v) is 3.44. The molecule has 1 saturated heterocycles. The van der Waals surface area contributed by atoms with Crippen molar-refractivity contribution in [1.29, 1.82) is 0 Å². The zero-order valence-electron chi connectivity index (χ0n) is 11.5. The van der Waals surface area contributed by atoms with Crippen LogP contribution in [0.15, 0.2) is 24.3 Å². The van der Waals surface area contributed by atoms with Crippen LogP contribution >= 0.6 is 0 Å². The van der Waals surface area contributed by atoms with Crippen LogP contribution in [0.2, 0.25) is 0 Å². The maximum Gasteiger partial charge on any atom is 0.232 e. The van der Waals surface area contributed by atoms with E-state index in [0.717, 1.165) is 24.1 Å². The molecule has 19 heavy (non-hydrogen) atoms. The van der Waals surface area contributed by atoms with Gasteiger partial charge in [0.15, 0.2) is 0 Å². The number of anilines is 1. The minimum absolute atomic E-state index is 0.00159. The Kier molecular flexibility index (Phi) is 4.93. The molecule has 2 rings (SSSR count). The summed E-state index contributed by atoms with van der Waals surface area (Å²) in [6.45, 7) is 4.54. The lowest BCUT2D eigenvalue weighted by Gasteiger charge is -2.25. The summed E-state index contributed by atoms with van der Waals surface area (Å²) in [6, 6.07) is 8.05. The highest BCUT2D eigenvalue weighted by Crippen LogP contribution is 2.22. The summed E-state index contributed by atoms with van der Waals surface area (Å²) in [5, 5.41) is 0. The Labute approximate surface area is 114 Å². The summed E-state index contributed by atoms with van der Waals surface area (Å²) in [4.78, 5) is 14.4. The van der Waals surface area contributed by atoms with Crippen molar-refractivity contribution in [3.05, 3.63) is 29.8 Å². The van der Waals surface area contributed by atoms with Crippen LogP contribution in [0, 0.1) is 12.8 Å². The minimum Gasteiger partial charge on any atom is -0.381 e. The number of carbonyl (C=O) groups excluding carboxylic acids is 1. The van der Waals surface area contributed by atoms with Gasteiger partial charge in [-0.2, -0.15) is 0 Å². The molecule has 0 spiro atoms. The Morgan fingerprint density at radius 3 is 3.00 bits per heavy atom. The second kappa shape index (κ2) is 6.68. The van der Waals surface area contributed by atoms with Gasteiger partial charge in [0.25, 0.3) is 0 Å². The summed E-state index contributed by atoms with van der Waals surface area (Å²) in [6.07, 6.45) is 1.64. The number of hydrogen-bond acceptors (Lipinski definition) is 3. The van der Waals surface area contributed by atoms with Gasteiger partial charge in [-0.05, 0) is 44.0 Å². The van der Waals surface area contributed by atoms with Gasteiger partial charge in [0.05, 0.1) is 12.5 Å². The highest BCUT2D eigenvalue weighted by atomic mass is 16.5. The highest BCUT2D eigenvalue weighted by Gasteiger charge is 2.28. The van der Waals surface area contributed by atoms with Crippen molar-refractivity contribution in [2.24, 2.45) is 11.7 Å². The van der Waals surface area contributed by atoms with Crippen LogP contribution < -0.4 is 10.6 Å². The van der Waals surface area contributed by atoms with Crippen molar-refractivity contribution >= 4 is 11.6 Å². The molecule has 1 unspecified atom stereocenters. The van der Waals surface area contributed by atoms with Crippen molar-refractivity contribution < 1.29 is 9.53 Å². The summed E-state index contributed by atoms with van der Waals surface area (Å²) in [7, 11) is 0. The minimum atomic E-state index is -0.00159. The number of ether oxygens (including phenoxy) is 1. The quantitative estimate of drug-likeness (QED) is 0.879. The van der Waals surface area contributed by atoms with Gasteiger partial charge >= 0.3 is 0 Å². The fraction of sp³-hybridized carbons (Fsp3) is 0.533. The molecule has 0 aromatic heterocycles. The molecule has 4 heteroatoms. The molecule has 1 aliphatic heterocycles. The number of rotatable bonds is 5. The number of carbonyl (C=O) groups is 1. The Morgan fingerprint density at radius 1 is 1.53 bits per heavy atom. The second-order valence-electron chi connectivity index (χ2n) is 5.03. The molecule has 1 aromatic rings.